The van der Waals surface area contributed by atoms with Gasteiger partial charge in [0.05, 0.1) is 12.2 Å². The number of fused-ring (bicyclic) bond motifs is 1. The molecule has 0 saturated carbocycles. The van der Waals surface area contributed by atoms with Crippen molar-refractivity contribution in [1.82, 2.24) is 24.7 Å². The van der Waals surface area contributed by atoms with Crippen LogP contribution in [0.5, 0.6) is 0 Å². The summed E-state index contributed by atoms with van der Waals surface area (Å²) in [6.45, 7) is 3.05. The molecule has 2 aliphatic rings. The minimum atomic E-state index is -0.794. The average molecular weight is 494 g/mol. The monoisotopic (exact) mass is 493 g/mol. The van der Waals surface area contributed by atoms with E-state index in [4.69, 9.17) is 0 Å². The van der Waals surface area contributed by atoms with Crippen molar-refractivity contribution in [1.29, 1.82) is 0 Å². The number of urea groups is 1. The van der Waals surface area contributed by atoms with Crippen LogP contribution in [-0.2, 0) is 24.3 Å². The van der Waals surface area contributed by atoms with Crippen molar-refractivity contribution in [3.8, 4) is 0 Å². The highest BCUT2D eigenvalue weighted by atomic mass is 16.2. The summed E-state index contributed by atoms with van der Waals surface area (Å²) >= 11 is 0. The summed E-state index contributed by atoms with van der Waals surface area (Å²) in [5.41, 5.74) is 3.40. The quantitative estimate of drug-likeness (QED) is 0.382. The van der Waals surface area contributed by atoms with E-state index in [9.17, 15) is 9.59 Å². The van der Waals surface area contributed by atoms with Crippen LogP contribution in [0.3, 0.4) is 0 Å². The number of benzene rings is 2. The first-order valence-electron chi connectivity index (χ1n) is 13.0. The largest absolute Gasteiger partial charge is 0.357 e. The molecule has 0 atom stereocenters. The second-order valence-corrected chi connectivity index (χ2v) is 10.1. The third kappa shape index (κ3) is 4.51. The predicted octanol–water partition coefficient (Wildman–Crippen LogP) is 4.60. The molecule has 2 aromatic carbocycles. The number of aromatic amines is 1. The maximum atomic E-state index is 13.9. The van der Waals surface area contributed by atoms with E-state index in [1.165, 1.54) is 16.0 Å². The number of rotatable bonds is 7. The number of carbonyl (C=O) groups is 2. The Kier molecular flexibility index (Phi) is 6.22. The Morgan fingerprint density at radius 1 is 0.865 bits per heavy atom. The van der Waals surface area contributed by atoms with E-state index >= 15 is 0 Å². The van der Waals surface area contributed by atoms with Gasteiger partial charge in [-0.1, -0.05) is 54.6 Å². The van der Waals surface area contributed by atoms with Crippen LogP contribution in [0.15, 0.2) is 85.1 Å². The molecule has 7 nitrogen and oxygen atoms in total. The van der Waals surface area contributed by atoms with Crippen molar-refractivity contribution < 1.29 is 9.59 Å². The Hall–Kier alpha value is -3.97. The summed E-state index contributed by atoms with van der Waals surface area (Å²) in [5.74, 6) is -0.0820. The molecule has 0 bridgehead atoms. The first kappa shape index (κ1) is 23.4. The Morgan fingerprint density at radius 2 is 1.62 bits per heavy atom. The number of nitrogens with zero attached hydrogens (tertiary/aromatic N) is 4. The van der Waals surface area contributed by atoms with Gasteiger partial charge in [0.15, 0.2) is 0 Å². The number of para-hydroxylation sites is 1. The van der Waals surface area contributed by atoms with Crippen LogP contribution in [0.1, 0.15) is 29.8 Å². The predicted molar refractivity (Wildman–Crippen MR) is 143 cm³/mol. The van der Waals surface area contributed by atoms with Crippen LogP contribution in [0, 0.1) is 0 Å². The Balaban J connectivity index is 1.21. The number of hydrogen-bond donors (Lipinski definition) is 1. The molecular formula is C30H31N5O2. The molecule has 2 aliphatic heterocycles. The summed E-state index contributed by atoms with van der Waals surface area (Å²) < 4.78 is 0. The second kappa shape index (κ2) is 9.82. The van der Waals surface area contributed by atoms with E-state index < -0.39 is 5.54 Å². The van der Waals surface area contributed by atoms with Crippen LogP contribution in [-0.4, -0.2) is 61.8 Å². The molecule has 4 heterocycles. The lowest BCUT2D eigenvalue weighted by Gasteiger charge is -2.42. The topological polar surface area (TPSA) is 72.5 Å². The molecule has 4 aromatic rings. The van der Waals surface area contributed by atoms with Gasteiger partial charge in [-0.15, -0.1) is 0 Å². The summed E-state index contributed by atoms with van der Waals surface area (Å²) in [6.07, 6.45) is 3.68. The van der Waals surface area contributed by atoms with Gasteiger partial charge in [0.25, 0.3) is 5.91 Å². The van der Waals surface area contributed by atoms with Gasteiger partial charge in [-0.3, -0.25) is 19.6 Å². The Bertz CT molecular complexity index is 1360. The van der Waals surface area contributed by atoms with Gasteiger partial charge >= 0.3 is 6.03 Å². The molecule has 1 N–H and O–H groups in total. The minimum absolute atomic E-state index is 0.0820. The van der Waals surface area contributed by atoms with Crippen molar-refractivity contribution in [2.24, 2.45) is 0 Å². The van der Waals surface area contributed by atoms with Gasteiger partial charge in [0, 0.05) is 43.6 Å². The van der Waals surface area contributed by atoms with Crippen LogP contribution in [0.2, 0.25) is 0 Å². The van der Waals surface area contributed by atoms with E-state index in [-0.39, 0.29) is 18.5 Å². The molecular weight excluding hydrogens is 462 g/mol. The number of amides is 3. The lowest BCUT2D eigenvalue weighted by molar-refractivity contribution is -0.136. The number of piperidine rings is 1. The van der Waals surface area contributed by atoms with Crippen molar-refractivity contribution >= 4 is 22.8 Å². The number of pyridine rings is 1. The fourth-order valence-electron chi connectivity index (χ4n) is 5.80. The zero-order chi connectivity index (χ0) is 25.2. The van der Waals surface area contributed by atoms with E-state index in [0.29, 0.717) is 19.4 Å². The second-order valence-electron chi connectivity index (χ2n) is 10.1. The van der Waals surface area contributed by atoms with Crippen molar-refractivity contribution in [2.75, 3.05) is 19.6 Å². The molecule has 6 rings (SSSR count). The zero-order valence-electron chi connectivity index (χ0n) is 20.8. The molecule has 2 fully saturated rings. The van der Waals surface area contributed by atoms with Gasteiger partial charge in [0.2, 0.25) is 0 Å². The highest BCUT2D eigenvalue weighted by Gasteiger charge is 2.57. The molecule has 3 amide bonds. The highest BCUT2D eigenvalue weighted by molar-refractivity contribution is 6.07. The van der Waals surface area contributed by atoms with Gasteiger partial charge < -0.3 is 9.88 Å². The molecule has 2 aromatic heterocycles. The van der Waals surface area contributed by atoms with Gasteiger partial charge in [0.1, 0.15) is 5.54 Å². The molecule has 0 unspecified atom stereocenters. The van der Waals surface area contributed by atoms with E-state index in [1.54, 1.807) is 6.20 Å². The normalized spacial score (nSPS) is 17.8. The van der Waals surface area contributed by atoms with Crippen molar-refractivity contribution in [3.63, 3.8) is 0 Å². The lowest BCUT2D eigenvalue weighted by atomic mass is 9.85. The fraction of sp³-hybridized carbons (Fsp3) is 0.300. The Labute approximate surface area is 216 Å². The maximum absolute atomic E-state index is 13.9. The standard InChI is InChI=1S/C30H31N5O2/c36-28-30(14-18-33(19-15-30)21-26-20-24-10-4-5-12-27(24)32-26)35(17-13-23-8-2-1-3-9-23)29(37)34(28)22-25-11-6-7-16-31-25/h1-12,16,20,32H,13-15,17-19,21-22H2. The zero-order valence-corrected chi connectivity index (χ0v) is 20.8. The highest BCUT2D eigenvalue weighted by Crippen LogP contribution is 2.38. The number of imide groups is 1. The number of aromatic nitrogens is 2. The van der Waals surface area contributed by atoms with E-state index in [1.807, 2.05) is 53.4 Å². The van der Waals surface area contributed by atoms with Gasteiger partial charge in [-0.25, -0.2) is 4.79 Å². The lowest BCUT2D eigenvalue weighted by Crippen LogP contribution is -2.56. The van der Waals surface area contributed by atoms with E-state index in [0.717, 1.165) is 42.8 Å². The van der Waals surface area contributed by atoms with E-state index in [2.05, 4.69) is 45.2 Å². The summed E-state index contributed by atoms with van der Waals surface area (Å²) in [5, 5.41) is 1.21. The number of H-pyrrole nitrogens is 1. The van der Waals surface area contributed by atoms with Crippen LogP contribution in [0.4, 0.5) is 4.79 Å². The maximum Gasteiger partial charge on any atom is 0.328 e. The summed E-state index contributed by atoms with van der Waals surface area (Å²) in [7, 11) is 0. The third-order valence-electron chi connectivity index (χ3n) is 7.80. The number of nitrogens with one attached hydrogen (secondary N) is 1. The average Bonchev–Trinajstić information content (AvgIpc) is 3.42. The SMILES string of the molecule is O=C1N(Cc2ccccn2)C(=O)C2(CCN(Cc3cc4ccccc4[nH]3)CC2)N1CCc1ccccc1. The summed E-state index contributed by atoms with van der Waals surface area (Å²) in [4.78, 5) is 41.1. The van der Waals surface area contributed by atoms with Crippen molar-refractivity contribution in [2.45, 2.75) is 37.9 Å². The molecule has 0 aliphatic carbocycles. The molecule has 188 valence electrons. The molecule has 2 saturated heterocycles. The van der Waals surface area contributed by atoms with Gasteiger partial charge in [-0.05, 0) is 54.5 Å². The van der Waals surface area contributed by atoms with Crippen LogP contribution < -0.4 is 0 Å². The summed E-state index contributed by atoms with van der Waals surface area (Å²) in [6, 6.07) is 26.1. The smallest absolute Gasteiger partial charge is 0.328 e. The fourth-order valence-corrected chi connectivity index (χ4v) is 5.80. The first-order chi connectivity index (χ1) is 18.1. The third-order valence-corrected chi connectivity index (χ3v) is 7.80. The number of likely N-dealkylation sites (tertiary alicyclic amines) is 1. The molecule has 1 spiro atoms. The molecule has 7 heteroatoms. The van der Waals surface area contributed by atoms with Gasteiger partial charge in [-0.2, -0.15) is 0 Å². The van der Waals surface area contributed by atoms with Crippen LogP contribution in [0.25, 0.3) is 10.9 Å². The number of carbonyl (C=O) groups excluding carboxylic acids is 2. The number of hydrogen-bond acceptors (Lipinski definition) is 4. The van der Waals surface area contributed by atoms with Crippen LogP contribution >= 0.6 is 0 Å². The van der Waals surface area contributed by atoms with Crippen molar-refractivity contribution in [3.05, 3.63) is 102 Å². The first-order valence-corrected chi connectivity index (χ1v) is 13.0. The molecule has 0 radical (unpaired) electrons. The molecule has 37 heavy (non-hydrogen) atoms. The Morgan fingerprint density at radius 3 is 2.38 bits per heavy atom. The minimum Gasteiger partial charge on any atom is -0.357 e.